The Morgan fingerprint density at radius 3 is 2.37 bits per heavy atom. The van der Waals surface area contributed by atoms with Gasteiger partial charge in [0.15, 0.2) is 0 Å². The quantitative estimate of drug-likeness (QED) is 0.672. The van der Waals surface area contributed by atoms with Crippen LogP contribution >= 0.6 is 0 Å². The van der Waals surface area contributed by atoms with Crippen molar-refractivity contribution >= 4 is 16.8 Å². The van der Waals surface area contributed by atoms with Crippen LogP contribution in [0, 0.1) is 0 Å². The number of aromatic nitrogens is 3. The molecule has 0 unspecified atom stereocenters. The molecule has 0 radical (unpaired) electrons. The molecule has 5 nitrogen and oxygen atoms in total. The van der Waals surface area contributed by atoms with Crippen molar-refractivity contribution in [2.24, 2.45) is 5.73 Å². The minimum Gasteiger partial charge on any atom is -0.363 e. The van der Waals surface area contributed by atoms with Gasteiger partial charge in [-0.2, -0.15) is 26.3 Å². The second-order valence-electron chi connectivity index (χ2n) is 5.70. The van der Waals surface area contributed by atoms with Gasteiger partial charge in [-0.1, -0.05) is 6.07 Å². The van der Waals surface area contributed by atoms with Crippen LogP contribution in [0.1, 0.15) is 33.1 Å². The zero-order valence-corrected chi connectivity index (χ0v) is 13.2. The Kier molecular flexibility index (Phi) is 4.32. The van der Waals surface area contributed by atoms with Crippen molar-refractivity contribution < 1.29 is 31.1 Å². The molecule has 0 fully saturated rings. The highest BCUT2D eigenvalue weighted by Gasteiger charge is 2.35. The van der Waals surface area contributed by atoms with Crippen molar-refractivity contribution in [1.29, 1.82) is 0 Å². The van der Waals surface area contributed by atoms with Gasteiger partial charge in [0.1, 0.15) is 5.69 Å². The predicted molar refractivity (Wildman–Crippen MR) is 81.7 cm³/mol. The van der Waals surface area contributed by atoms with Crippen molar-refractivity contribution in [3.63, 3.8) is 0 Å². The number of alkyl halides is 6. The third-order valence-electron chi connectivity index (χ3n) is 3.76. The number of aromatic amines is 1. The average Bonchev–Trinajstić information content (AvgIpc) is 2.97. The third kappa shape index (κ3) is 3.86. The lowest BCUT2D eigenvalue weighted by Crippen LogP contribution is -2.20. The molecule has 0 saturated carbocycles. The van der Waals surface area contributed by atoms with Gasteiger partial charge in [-0.15, -0.1) is 0 Å². The maximum Gasteiger partial charge on any atom is 0.431 e. The standard InChI is InChI=1S/C16H10F6N4O/c17-15(18,19)9-6-24-14(13(23)27)26-11(9)4-7-1-2-10-8(3-7)5-12(25-10)16(20,21)22/h1-3,5-6,25H,4H2,(H2,23,27). The Morgan fingerprint density at radius 1 is 1.07 bits per heavy atom. The first kappa shape index (κ1) is 18.7. The van der Waals surface area contributed by atoms with Gasteiger partial charge in [-0.3, -0.25) is 4.79 Å². The van der Waals surface area contributed by atoms with Crippen molar-refractivity contribution in [3.8, 4) is 0 Å². The Labute approximate surface area is 147 Å². The van der Waals surface area contributed by atoms with E-state index in [2.05, 4.69) is 15.0 Å². The summed E-state index contributed by atoms with van der Waals surface area (Å²) in [6.07, 6.45) is -9.27. The summed E-state index contributed by atoms with van der Waals surface area (Å²) in [5, 5.41) is 0.178. The number of carbonyl (C=O) groups excluding carboxylic acids is 1. The minimum atomic E-state index is -4.77. The summed E-state index contributed by atoms with van der Waals surface area (Å²) >= 11 is 0. The summed E-state index contributed by atoms with van der Waals surface area (Å²) < 4.78 is 77.7. The van der Waals surface area contributed by atoms with Crippen LogP contribution in [-0.4, -0.2) is 20.9 Å². The van der Waals surface area contributed by atoms with Crippen LogP contribution in [0.15, 0.2) is 30.5 Å². The number of hydrogen-bond donors (Lipinski definition) is 2. The molecule has 0 aliphatic carbocycles. The topological polar surface area (TPSA) is 84.7 Å². The van der Waals surface area contributed by atoms with Gasteiger partial charge in [-0.25, -0.2) is 9.97 Å². The number of hydrogen-bond acceptors (Lipinski definition) is 3. The SMILES string of the molecule is NC(=O)c1ncc(C(F)(F)F)c(Cc2ccc3[nH]c(C(F)(F)F)cc3c2)n1. The van der Waals surface area contributed by atoms with E-state index >= 15 is 0 Å². The maximum atomic E-state index is 13.1. The zero-order chi connectivity index (χ0) is 20.0. The van der Waals surface area contributed by atoms with E-state index in [4.69, 9.17) is 5.73 Å². The van der Waals surface area contributed by atoms with Gasteiger partial charge >= 0.3 is 12.4 Å². The second kappa shape index (κ2) is 6.25. The molecule has 3 rings (SSSR count). The first-order valence-corrected chi connectivity index (χ1v) is 7.37. The number of halogens is 6. The summed E-state index contributed by atoms with van der Waals surface area (Å²) in [4.78, 5) is 20.2. The summed E-state index contributed by atoms with van der Waals surface area (Å²) in [7, 11) is 0. The second-order valence-corrected chi connectivity index (χ2v) is 5.70. The molecule has 2 aromatic heterocycles. The van der Waals surface area contributed by atoms with Crippen LogP contribution in [0.5, 0.6) is 0 Å². The summed E-state index contributed by atoms with van der Waals surface area (Å²) in [6.45, 7) is 0. The highest BCUT2D eigenvalue weighted by atomic mass is 19.4. The van der Waals surface area contributed by atoms with E-state index in [1.165, 1.54) is 18.2 Å². The van der Waals surface area contributed by atoms with Gasteiger partial charge in [0, 0.05) is 23.5 Å². The van der Waals surface area contributed by atoms with E-state index in [-0.39, 0.29) is 22.9 Å². The molecule has 1 amide bonds. The fraction of sp³-hybridized carbons (Fsp3) is 0.188. The highest BCUT2D eigenvalue weighted by Crippen LogP contribution is 2.33. The molecule has 1 aromatic carbocycles. The molecule has 0 aliphatic heterocycles. The number of benzene rings is 1. The number of primary amides is 1. The monoisotopic (exact) mass is 388 g/mol. The summed E-state index contributed by atoms with van der Waals surface area (Å²) in [5.41, 5.74) is 2.83. The van der Waals surface area contributed by atoms with Crippen LogP contribution in [-0.2, 0) is 18.8 Å². The van der Waals surface area contributed by atoms with Crippen LogP contribution in [0.2, 0.25) is 0 Å². The molecule has 3 aromatic rings. The molecular weight excluding hydrogens is 378 g/mol. The van der Waals surface area contributed by atoms with E-state index in [9.17, 15) is 31.1 Å². The Balaban J connectivity index is 2.03. The molecule has 142 valence electrons. The average molecular weight is 388 g/mol. The smallest absolute Gasteiger partial charge is 0.363 e. The molecule has 27 heavy (non-hydrogen) atoms. The maximum absolute atomic E-state index is 13.1. The van der Waals surface area contributed by atoms with E-state index < -0.39 is 41.0 Å². The van der Waals surface area contributed by atoms with Crippen molar-refractivity contribution in [2.75, 3.05) is 0 Å². The Morgan fingerprint density at radius 2 is 1.78 bits per heavy atom. The van der Waals surface area contributed by atoms with Gasteiger partial charge < -0.3 is 10.7 Å². The van der Waals surface area contributed by atoms with E-state index in [0.29, 0.717) is 6.20 Å². The number of rotatable bonds is 3. The van der Waals surface area contributed by atoms with E-state index in [0.717, 1.165) is 6.07 Å². The predicted octanol–water partition coefficient (Wildman–Crippen LogP) is 3.69. The first-order valence-electron chi connectivity index (χ1n) is 7.37. The van der Waals surface area contributed by atoms with Crippen LogP contribution in [0.4, 0.5) is 26.3 Å². The third-order valence-corrected chi connectivity index (χ3v) is 3.76. The van der Waals surface area contributed by atoms with Crippen molar-refractivity contribution in [2.45, 2.75) is 18.8 Å². The van der Waals surface area contributed by atoms with Gasteiger partial charge in [0.25, 0.3) is 5.91 Å². The van der Waals surface area contributed by atoms with E-state index in [1.54, 1.807) is 0 Å². The largest absolute Gasteiger partial charge is 0.431 e. The lowest BCUT2D eigenvalue weighted by molar-refractivity contribution is -0.140. The molecule has 0 spiro atoms. The Bertz CT molecular complexity index is 1020. The fourth-order valence-electron chi connectivity index (χ4n) is 2.55. The van der Waals surface area contributed by atoms with Gasteiger partial charge in [-0.05, 0) is 23.8 Å². The molecule has 11 heteroatoms. The summed E-state index contributed by atoms with van der Waals surface area (Å²) in [6, 6.07) is 4.86. The summed E-state index contributed by atoms with van der Waals surface area (Å²) in [5.74, 6) is -1.68. The van der Waals surface area contributed by atoms with Crippen LogP contribution in [0.25, 0.3) is 10.9 Å². The lowest BCUT2D eigenvalue weighted by atomic mass is 10.0. The molecule has 0 saturated heterocycles. The normalized spacial score (nSPS) is 12.5. The highest BCUT2D eigenvalue weighted by molar-refractivity contribution is 5.88. The number of H-pyrrole nitrogens is 1. The number of nitrogens with zero attached hydrogens (tertiary/aromatic N) is 2. The fourth-order valence-corrected chi connectivity index (χ4v) is 2.55. The van der Waals surface area contributed by atoms with Gasteiger partial charge in [0.05, 0.1) is 11.3 Å². The number of carbonyl (C=O) groups is 1. The molecule has 3 N–H and O–H groups in total. The minimum absolute atomic E-state index is 0.178. The van der Waals surface area contributed by atoms with Gasteiger partial charge in [0.2, 0.25) is 5.82 Å². The molecular formula is C16H10F6N4O. The van der Waals surface area contributed by atoms with E-state index in [1.807, 2.05) is 0 Å². The molecule has 0 atom stereocenters. The van der Waals surface area contributed by atoms with Crippen molar-refractivity contribution in [3.05, 3.63) is 58.8 Å². The molecule has 0 aliphatic rings. The van der Waals surface area contributed by atoms with Crippen LogP contribution < -0.4 is 5.73 Å². The molecule has 0 bridgehead atoms. The number of fused-ring (bicyclic) bond motifs is 1. The lowest BCUT2D eigenvalue weighted by Gasteiger charge is -2.12. The van der Waals surface area contributed by atoms with Crippen molar-refractivity contribution in [1.82, 2.24) is 15.0 Å². The Hall–Kier alpha value is -3.11. The number of amides is 1. The zero-order valence-electron chi connectivity index (χ0n) is 13.2. The number of nitrogens with one attached hydrogen (secondary N) is 1. The molecule has 2 heterocycles. The van der Waals surface area contributed by atoms with Crippen LogP contribution in [0.3, 0.4) is 0 Å². The first-order chi connectivity index (χ1) is 12.4. The number of nitrogens with two attached hydrogens (primary N) is 1.